The molecule has 1 aromatic heterocycles. The zero-order valence-corrected chi connectivity index (χ0v) is 8.16. The fourth-order valence-corrected chi connectivity index (χ4v) is 1.26. The lowest BCUT2D eigenvalue weighted by atomic mass is 10.2. The summed E-state index contributed by atoms with van der Waals surface area (Å²) < 4.78 is 4.89. The van der Waals surface area contributed by atoms with Gasteiger partial charge in [0, 0.05) is 6.07 Å². The van der Waals surface area contributed by atoms with Crippen LogP contribution in [-0.4, -0.2) is 15.1 Å². The Morgan fingerprint density at radius 2 is 2.19 bits per heavy atom. The largest absolute Gasteiger partial charge is 0.334 e. The van der Waals surface area contributed by atoms with Crippen molar-refractivity contribution in [2.45, 2.75) is 6.54 Å². The molecule has 7 nitrogen and oxygen atoms in total. The van der Waals surface area contributed by atoms with E-state index in [4.69, 9.17) is 10.3 Å². The molecule has 0 saturated heterocycles. The van der Waals surface area contributed by atoms with Crippen LogP contribution in [0.15, 0.2) is 28.8 Å². The normalized spacial score (nSPS) is 10.3. The number of hydrogen-bond donors (Lipinski definition) is 1. The molecule has 0 atom stereocenters. The lowest BCUT2D eigenvalue weighted by Crippen LogP contribution is -1.98. The molecule has 16 heavy (non-hydrogen) atoms. The van der Waals surface area contributed by atoms with Crippen LogP contribution >= 0.6 is 0 Å². The Kier molecular flexibility index (Phi) is 2.61. The SMILES string of the molecule is NCc1noc(-c2ccccc2[N+](=O)[O-])n1. The number of rotatable bonds is 3. The molecular weight excluding hydrogens is 212 g/mol. The highest BCUT2D eigenvalue weighted by atomic mass is 16.6. The average Bonchev–Trinajstić information content (AvgIpc) is 2.77. The maximum atomic E-state index is 10.8. The highest BCUT2D eigenvalue weighted by molar-refractivity contribution is 5.66. The van der Waals surface area contributed by atoms with E-state index in [2.05, 4.69) is 10.1 Å². The van der Waals surface area contributed by atoms with Crippen molar-refractivity contribution in [2.75, 3.05) is 0 Å². The predicted molar refractivity (Wildman–Crippen MR) is 54.3 cm³/mol. The van der Waals surface area contributed by atoms with E-state index in [0.717, 1.165) is 0 Å². The molecule has 2 N–H and O–H groups in total. The first kappa shape index (κ1) is 10.2. The van der Waals surface area contributed by atoms with Crippen LogP contribution < -0.4 is 5.73 Å². The molecule has 0 aliphatic rings. The molecular formula is C9H8N4O3. The van der Waals surface area contributed by atoms with Crippen molar-refractivity contribution in [2.24, 2.45) is 5.73 Å². The smallest absolute Gasteiger partial charge is 0.282 e. The van der Waals surface area contributed by atoms with Gasteiger partial charge >= 0.3 is 0 Å². The fourth-order valence-electron chi connectivity index (χ4n) is 1.26. The van der Waals surface area contributed by atoms with E-state index in [-0.39, 0.29) is 18.1 Å². The van der Waals surface area contributed by atoms with Gasteiger partial charge in [-0.3, -0.25) is 10.1 Å². The quantitative estimate of drug-likeness (QED) is 0.612. The van der Waals surface area contributed by atoms with E-state index in [1.807, 2.05) is 0 Å². The minimum atomic E-state index is -0.498. The molecule has 2 aromatic rings. The van der Waals surface area contributed by atoms with Crippen LogP contribution in [0.1, 0.15) is 5.82 Å². The molecule has 0 unspecified atom stereocenters. The van der Waals surface area contributed by atoms with Gasteiger partial charge in [0.2, 0.25) is 0 Å². The van der Waals surface area contributed by atoms with Gasteiger partial charge in [-0.25, -0.2) is 0 Å². The molecule has 0 amide bonds. The van der Waals surface area contributed by atoms with Crippen molar-refractivity contribution in [3.8, 4) is 11.5 Å². The molecule has 0 aliphatic heterocycles. The van der Waals surface area contributed by atoms with Crippen LogP contribution in [0.5, 0.6) is 0 Å². The number of para-hydroxylation sites is 1. The zero-order valence-electron chi connectivity index (χ0n) is 8.16. The van der Waals surface area contributed by atoms with Crippen molar-refractivity contribution in [1.29, 1.82) is 0 Å². The van der Waals surface area contributed by atoms with Crippen molar-refractivity contribution in [3.05, 3.63) is 40.2 Å². The summed E-state index contributed by atoms with van der Waals surface area (Å²) in [5.74, 6) is 0.418. The number of hydrogen-bond acceptors (Lipinski definition) is 6. The van der Waals surface area contributed by atoms with Crippen molar-refractivity contribution >= 4 is 5.69 Å². The lowest BCUT2D eigenvalue weighted by Gasteiger charge is -1.95. The zero-order chi connectivity index (χ0) is 11.5. The number of aromatic nitrogens is 2. The molecule has 1 aromatic carbocycles. The predicted octanol–water partition coefficient (Wildman–Crippen LogP) is 1.10. The molecule has 0 aliphatic carbocycles. The third-order valence-electron chi connectivity index (χ3n) is 1.98. The lowest BCUT2D eigenvalue weighted by molar-refractivity contribution is -0.384. The number of benzene rings is 1. The highest BCUT2D eigenvalue weighted by Crippen LogP contribution is 2.27. The van der Waals surface area contributed by atoms with Gasteiger partial charge in [-0.2, -0.15) is 4.98 Å². The van der Waals surface area contributed by atoms with E-state index >= 15 is 0 Å². The molecule has 0 bridgehead atoms. The van der Waals surface area contributed by atoms with Crippen molar-refractivity contribution in [3.63, 3.8) is 0 Å². The Morgan fingerprint density at radius 1 is 1.44 bits per heavy atom. The van der Waals surface area contributed by atoms with E-state index in [9.17, 15) is 10.1 Å². The molecule has 0 radical (unpaired) electrons. The van der Waals surface area contributed by atoms with E-state index in [0.29, 0.717) is 11.4 Å². The maximum Gasteiger partial charge on any atom is 0.282 e. The third-order valence-corrected chi connectivity index (χ3v) is 1.98. The van der Waals surface area contributed by atoms with Crippen LogP contribution in [0.2, 0.25) is 0 Å². The molecule has 7 heteroatoms. The Labute approximate surface area is 90.0 Å². The molecule has 82 valence electrons. The Morgan fingerprint density at radius 3 is 2.81 bits per heavy atom. The molecule has 0 fully saturated rings. The topological polar surface area (TPSA) is 108 Å². The summed E-state index contributed by atoms with van der Waals surface area (Å²) >= 11 is 0. The summed E-state index contributed by atoms with van der Waals surface area (Å²) in [6.45, 7) is 0.129. The molecule has 0 saturated carbocycles. The van der Waals surface area contributed by atoms with Gasteiger partial charge < -0.3 is 10.3 Å². The van der Waals surface area contributed by atoms with Crippen molar-refractivity contribution in [1.82, 2.24) is 10.1 Å². The van der Waals surface area contributed by atoms with Crippen LogP contribution in [0, 0.1) is 10.1 Å². The second-order valence-corrected chi connectivity index (χ2v) is 2.99. The van der Waals surface area contributed by atoms with E-state index in [1.54, 1.807) is 18.2 Å². The van der Waals surface area contributed by atoms with Gasteiger partial charge in [0.15, 0.2) is 5.82 Å². The second-order valence-electron chi connectivity index (χ2n) is 2.99. The molecule has 2 rings (SSSR count). The fraction of sp³-hybridized carbons (Fsp3) is 0.111. The maximum absolute atomic E-state index is 10.8. The monoisotopic (exact) mass is 220 g/mol. The van der Waals surface area contributed by atoms with Gasteiger partial charge in [-0.05, 0) is 6.07 Å². The molecule has 1 heterocycles. The van der Waals surface area contributed by atoms with Crippen LogP contribution in [0.3, 0.4) is 0 Å². The summed E-state index contributed by atoms with van der Waals surface area (Å²) in [7, 11) is 0. The van der Waals surface area contributed by atoms with Crippen molar-refractivity contribution < 1.29 is 9.45 Å². The Balaban J connectivity index is 2.50. The average molecular weight is 220 g/mol. The summed E-state index contributed by atoms with van der Waals surface area (Å²) in [5, 5.41) is 14.3. The summed E-state index contributed by atoms with van der Waals surface area (Å²) in [5.41, 5.74) is 5.54. The number of nitro groups is 1. The Hall–Kier alpha value is -2.28. The first-order valence-electron chi connectivity index (χ1n) is 4.49. The van der Waals surface area contributed by atoms with E-state index in [1.165, 1.54) is 6.07 Å². The number of nitrogens with two attached hydrogens (primary N) is 1. The van der Waals surface area contributed by atoms with Gasteiger partial charge in [-0.1, -0.05) is 17.3 Å². The highest BCUT2D eigenvalue weighted by Gasteiger charge is 2.19. The summed E-state index contributed by atoms with van der Waals surface area (Å²) in [6.07, 6.45) is 0. The van der Waals surface area contributed by atoms with Crippen LogP contribution in [0.25, 0.3) is 11.5 Å². The minimum absolute atomic E-state index is 0.0743. The van der Waals surface area contributed by atoms with Crippen LogP contribution in [0.4, 0.5) is 5.69 Å². The first-order valence-corrected chi connectivity index (χ1v) is 4.49. The summed E-state index contributed by atoms with van der Waals surface area (Å²) in [4.78, 5) is 14.2. The summed E-state index contributed by atoms with van der Waals surface area (Å²) in [6, 6.07) is 6.16. The number of nitro benzene ring substituents is 1. The Bertz CT molecular complexity index is 523. The minimum Gasteiger partial charge on any atom is -0.334 e. The standard InChI is InChI=1S/C9H8N4O3/c10-5-8-11-9(16-12-8)6-3-1-2-4-7(6)13(14)15/h1-4H,5,10H2. The number of nitrogens with zero attached hydrogens (tertiary/aromatic N) is 3. The van der Waals surface area contributed by atoms with Gasteiger partial charge in [0.05, 0.1) is 11.5 Å². The van der Waals surface area contributed by atoms with Crippen LogP contribution in [-0.2, 0) is 6.54 Å². The van der Waals surface area contributed by atoms with Gasteiger partial charge in [-0.15, -0.1) is 0 Å². The second kappa shape index (κ2) is 4.07. The molecule has 0 spiro atoms. The van der Waals surface area contributed by atoms with E-state index < -0.39 is 4.92 Å². The third kappa shape index (κ3) is 1.75. The first-order chi connectivity index (χ1) is 7.72. The van der Waals surface area contributed by atoms with Gasteiger partial charge in [0.1, 0.15) is 5.56 Å². The van der Waals surface area contributed by atoms with Gasteiger partial charge in [0.25, 0.3) is 11.6 Å².